The lowest BCUT2D eigenvalue weighted by Crippen LogP contribution is -2.44. The number of nitrogens with zero attached hydrogens (tertiary/aromatic N) is 1. The van der Waals surface area contributed by atoms with Crippen LogP contribution in [0.3, 0.4) is 0 Å². The van der Waals surface area contributed by atoms with E-state index in [4.69, 9.17) is 9.15 Å². The van der Waals surface area contributed by atoms with Crippen molar-refractivity contribution >= 4 is 16.9 Å². The SMILES string of the molecule is Cc1ccc2c(CC(=O)NCC(c3ccc(C(F)(F)F)cc3)N3CCOCC3)coc2c1. The summed E-state index contributed by atoms with van der Waals surface area (Å²) >= 11 is 0. The number of rotatable bonds is 6. The minimum Gasteiger partial charge on any atom is -0.464 e. The number of ether oxygens (including phenoxy) is 1. The van der Waals surface area contributed by atoms with E-state index in [-0.39, 0.29) is 18.4 Å². The highest BCUT2D eigenvalue weighted by atomic mass is 19.4. The number of morpholine rings is 1. The van der Waals surface area contributed by atoms with Crippen LogP contribution in [0.1, 0.15) is 28.3 Å². The van der Waals surface area contributed by atoms with Crippen molar-refractivity contribution in [2.24, 2.45) is 0 Å². The van der Waals surface area contributed by atoms with Crippen LogP contribution in [0.15, 0.2) is 53.1 Å². The molecule has 5 nitrogen and oxygen atoms in total. The topological polar surface area (TPSA) is 54.7 Å². The van der Waals surface area contributed by atoms with E-state index in [9.17, 15) is 18.0 Å². The quantitative estimate of drug-likeness (QED) is 0.606. The summed E-state index contributed by atoms with van der Waals surface area (Å²) < 4.78 is 49.8. The van der Waals surface area contributed by atoms with Gasteiger partial charge in [-0.15, -0.1) is 0 Å². The van der Waals surface area contributed by atoms with Gasteiger partial charge < -0.3 is 14.5 Å². The third kappa shape index (κ3) is 5.14. The normalized spacial score (nSPS) is 16.2. The molecule has 0 aliphatic carbocycles. The maximum atomic E-state index is 13.0. The molecule has 2 heterocycles. The molecule has 0 saturated carbocycles. The second-order valence-corrected chi connectivity index (χ2v) is 8.03. The highest BCUT2D eigenvalue weighted by molar-refractivity contribution is 5.87. The molecule has 1 aliphatic heterocycles. The van der Waals surface area contributed by atoms with E-state index >= 15 is 0 Å². The van der Waals surface area contributed by atoms with Gasteiger partial charge >= 0.3 is 6.18 Å². The highest BCUT2D eigenvalue weighted by Gasteiger charge is 2.31. The van der Waals surface area contributed by atoms with Crippen LogP contribution in [0, 0.1) is 6.92 Å². The molecule has 3 aromatic rings. The molecule has 0 spiro atoms. The smallest absolute Gasteiger partial charge is 0.416 e. The number of halogens is 3. The maximum Gasteiger partial charge on any atom is 0.416 e. The van der Waals surface area contributed by atoms with Crippen LogP contribution >= 0.6 is 0 Å². The molecule has 1 aromatic heterocycles. The summed E-state index contributed by atoms with van der Waals surface area (Å²) in [5.41, 5.74) is 2.66. The second kappa shape index (κ2) is 9.34. The molecule has 170 valence electrons. The van der Waals surface area contributed by atoms with Crippen LogP contribution in [0.5, 0.6) is 0 Å². The van der Waals surface area contributed by atoms with Crippen LogP contribution < -0.4 is 5.32 Å². The summed E-state index contributed by atoms with van der Waals surface area (Å²) in [6.07, 6.45) is -2.62. The lowest BCUT2D eigenvalue weighted by Gasteiger charge is -2.35. The predicted octanol–water partition coefficient (Wildman–Crippen LogP) is 4.49. The number of hydrogen-bond acceptors (Lipinski definition) is 4. The van der Waals surface area contributed by atoms with Gasteiger partial charge in [0, 0.05) is 30.6 Å². The molecule has 1 N–H and O–H groups in total. The first-order valence-corrected chi connectivity index (χ1v) is 10.5. The van der Waals surface area contributed by atoms with E-state index in [2.05, 4.69) is 10.2 Å². The van der Waals surface area contributed by atoms with E-state index in [0.29, 0.717) is 32.8 Å². The fraction of sp³-hybridized carbons (Fsp3) is 0.375. The third-order valence-corrected chi connectivity index (χ3v) is 5.76. The van der Waals surface area contributed by atoms with Crippen molar-refractivity contribution in [3.63, 3.8) is 0 Å². The first-order chi connectivity index (χ1) is 15.3. The van der Waals surface area contributed by atoms with Gasteiger partial charge in [-0.1, -0.05) is 24.3 Å². The van der Waals surface area contributed by atoms with Crippen molar-refractivity contribution in [1.29, 1.82) is 0 Å². The van der Waals surface area contributed by atoms with Gasteiger partial charge in [-0.3, -0.25) is 9.69 Å². The highest BCUT2D eigenvalue weighted by Crippen LogP contribution is 2.31. The van der Waals surface area contributed by atoms with Crippen LogP contribution in [0.25, 0.3) is 11.0 Å². The van der Waals surface area contributed by atoms with E-state index in [1.54, 1.807) is 6.26 Å². The predicted molar refractivity (Wildman–Crippen MR) is 114 cm³/mol. The second-order valence-electron chi connectivity index (χ2n) is 8.03. The van der Waals surface area contributed by atoms with Gasteiger partial charge in [-0.25, -0.2) is 0 Å². The Bertz CT molecular complexity index is 1070. The summed E-state index contributed by atoms with van der Waals surface area (Å²) in [6.45, 7) is 4.65. The van der Waals surface area contributed by atoms with Gasteiger partial charge in [0.05, 0.1) is 37.5 Å². The Hall–Kier alpha value is -2.84. The van der Waals surface area contributed by atoms with Gasteiger partial charge in [-0.05, 0) is 36.2 Å². The van der Waals surface area contributed by atoms with Crippen LogP contribution in [-0.4, -0.2) is 43.7 Å². The molecule has 1 atom stereocenters. The number of hydrogen-bond donors (Lipinski definition) is 1. The Morgan fingerprint density at radius 1 is 1.12 bits per heavy atom. The molecule has 1 unspecified atom stereocenters. The lowest BCUT2D eigenvalue weighted by molar-refractivity contribution is -0.137. The summed E-state index contributed by atoms with van der Waals surface area (Å²) in [7, 11) is 0. The largest absolute Gasteiger partial charge is 0.464 e. The number of carbonyl (C=O) groups excluding carboxylic acids is 1. The first kappa shape index (κ1) is 22.4. The van der Waals surface area contributed by atoms with Gasteiger partial charge in [0.15, 0.2) is 0 Å². The Balaban J connectivity index is 1.46. The van der Waals surface area contributed by atoms with Gasteiger partial charge in [0.1, 0.15) is 5.58 Å². The zero-order valence-electron chi connectivity index (χ0n) is 17.7. The van der Waals surface area contributed by atoms with E-state index < -0.39 is 11.7 Å². The molecule has 32 heavy (non-hydrogen) atoms. The summed E-state index contributed by atoms with van der Waals surface area (Å²) in [5.74, 6) is -0.168. The Morgan fingerprint density at radius 2 is 1.84 bits per heavy atom. The minimum absolute atomic E-state index is 0.166. The zero-order chi connectivity index (χ0) is 22.7. The standard InChI is InChI=1S/C24H25F3N2O3/c1-16-2-7-20-18(15-32-22(20)12-16)13-23(30)28-14-21(29-8-10-31-11-9-29)17-3-5-19(6-4-17)24(25,26)27/h2-7,12,15,21H,8-11,13-14H2,1H3,(H,28,30). The van der Waals surface area contributed by atoms with E-state index in [0.717, 1.165) is 39.8 Å². The van der Waals surface area contributed by atoms with Crippen molar-refractivity contribution < 1.29 is 27.1 Å². The van der Waals surface area contributed by atoms with Gasteiger partial charge in [0.2, 0.25) is 5.91 Å². The average Bonchev–Trinajstić information content (AvgIpc) is 3.16. The van der Waals surface area contributed by atoms with Crippen LogP contribution in [-0.2, 0) is 22.1 Å². The molecule has 0 bridgehead atoms. The average molecular weight is 446 g/mol. The number of alkyl halides is 3. The number of carbonyl (C=O) groups is 1. The fourth-order valence-electron chi connectivity index (χ4n) is 4.01. The summed E-state index contributed by atoms with van der Waals surface area (Å²) in [6, 6.07) is 10.7. The fourth-order valence-corrected chi connectivity index (χ4v) is 4.01. The molecule has 1 saturated heterocycles. The number of fused-ring (bicyclic) bond motifs is 1. The number of aryl methyl sites for hydroxylation is 1. The van der Waals surface area contributed by atoms with Gasteiger partial charge in [-0.2, -0.15) is 13.2 Å². The molecule has 4 rings (SSSR count). The number of nitrogens with one attached hydrogen (secondary N) is 1. The molecule has 2 aromatic carbocycles. The molecule has 1 aliphatic rings. The number of benzene rings is 2. The van der Waals surface area contributed by atoms with Crippen LogP contribution in [0.4, 0.5) is 13.2 Å². The first-order valence-electron chi connectivity index (χ1n) is 10.5. The molecule has 0 radical (unpaired) electrons. The lowest BCUT2D eigenvalue weighted by atomic mass is 10.0. The van der Waals surface area contributed by atoms with Crippen molar-refractivity contribution in [2.45, 2.75) is 25.6 Å². The molecular formula is C24H25F3N2O3. The number of amides is 1. The monoisotopic (exact) mass is 446 g/mol. The van der Waals surface area contributed by atoms with Crippen LogP contribution in [0.2, 0.25) is 0 Å². The number of furan rings is 1. The maximum absolute atomic E-state index is 13.0. The molecule has 1 amide bonds. The Kier molecular flexibility index (Phi) is 6.53. The zero-order valence-corrected chi connectivity index (χ0v) is 17.7. The van der Waals surface area contributed by atoms with Crippen molar-refractivity contribution in [2.75, 3.05) is 32.8 Å². The summed E-state index contributed by atoms with van der Waals surface area (Å²) in [5, 5.41) is 3.85. The summed E-state index contributed by atoms with van der Waals surface area (Å²) in [4.78, 5) is 14.8. The van der Waals surface area contributed by atoms with Crippen molar-refractivity contribution in [3.05, 3.63) is 71.0 Å². The van der Waals surface area contributed by atoms with Crippen molar-refractivity contribution in [1.82, 2.24) is 10.2 Å². The van der Waals surface area contributed by atoms with Gasteiger partial charge in [0.25, 0.3) is 0 Å². The van der Waals surface area contributed by atoms with E-state index in [1.165, 1.54) is 12.1 Å². The Morgan fingerprint density at radius 3 is 2.53 bits per heavy atom. The molecule has 1 fully saturated rings. The molecular weight excluding hydrogens is 421 g/mol. The minimum atomic E-state index is -4.38. The Labute approximate surface area is 184 Å². The molecule has 8 heteroatoms. The third-order valence-electron chi connectivity index (χ3n) is 5.76. The van der Waals surface area contributed by atoms with Crippen molar-refractivity contribution in [3.8, 4) is 0 Å². The van der Waals surface area contributed by atoms with E-state index in [1.807, 2.05) is 25.1 Å².